The number of esters is 1. The van der Waals surface area contributed by atoms with Crippen LogP contribution in [0.5, 0.6) is 0 Å². The van der Waals surface area contributed by atoms with E-state index in [1.54, 1.807) is 28.1 Å². The largest absolute Gasteiger partial charge is 0.464 e. The van der Waals surface area contributed by atoms with Crippen LogP contribution in [0.4, 0.5) is 4.79 Å². The first kappa shape index (κ1) is 24.6. The molecule has 1 amide bonds. The molecular formula is C26H32N2O5S2. The van der Waals surface area contributed by atoms with Gasteiger partial charge >= 0.3 is 12.1 Å². The molecule has 1 aromatic carbocycles. The highest BCUT2D eigenvalue weighted by atomic mass is 32.2. The number of carbonyl (C=O) groups excluding carboxylic acids is 3. The van der Waals surface area contributed by atoms with Gasteiger partial charge in [-0.15, -0.1) is 23.5 Å². The molecule has 0 unspecified atom stereocenters. The Hall–Kier alpha value is -2.13. The molecule has 0 spiro atoms. The monoisotopic (exact) mass is 516 g/mol. The quantitative estimate of drug-likeness (QED) is 0.531. The summed E-state index contributed by atoms with van der Waals surface area (Å²) in [7, 11) is 0. The molecule has 5 rings (SSSR count). The number of fused-ring (bicyclic) bond motifs is 5. The van der Waals surface area contributed by atoms with Gasteiger partial charge < -0.3 is 14.4 Å². The molecule has 0 radical (unpaired) electrons. The minimum absolute atomic E-state index is 0.0367. The van der Waals surface area contributed by atoms with Gasteiger partial charge in [0.2, 0.25) is 5.91 Å². The van der Waals surface area contributed by atoms with Crippen LogP contribution >= 0.6 is 23.5 Å². The molecule has 35 heavy (non-hydrogen) atoms. The topological polar surface area (TPSA) is 77.8 Å². The Labute approximate surface area is 214 Å². The van der Waals surface area contributed by atoms with Crippen molar-refractivity contribution in [3.05, 3.63) is 35.5 Å². The predicted molar refractivity (Wildman–Crippen MR) is 139 cm³/mol. The van der Waals surface area contributed by atoms with Gasteiger partial charge in [0.05, 0.1) is 23.9 Å². The van der Waals surface area contributed by atoms with Gasteiger partial charge in [0.15, 0.2) is 4.08 Å². The molecule has 0 aliphatic carbocycles. The minimum Gasteiger partial charge on any atom is -0.464 e. The lowest BCUT2D eigenvalue weighted by Gasteiger charge is -2.46. The molecule has 2 saturated heterocycles. The Bertz CT molecular complexity index is 1180. The molecule has 3 aliphatic rings. The first-order valence-corrected chi connectivity index (χ1v) is 14.2. The summed E-state index contributed by atoms with van der Waals surface area (Å²) in [6.45, 7) is 8.30. The Balaban J connectivity index is 1.62. The molecule has 0 N–H and O–H groups in total. The fourth-order valence-corrected chi connectivity index (χ4v) is 8.96. The number of ether oxygens (including phenoxy) is 2. The summed E-state index contributed by atoms with van der Waals surface area (Å²) in [6.07, 6.45) is 1.18. The highest BCUT2D eigenvalue weighted by molar-refractivity contribution is 8.22. The summed E-state index contributed by atoms with van der Waals surface area (Å²) in [6, 6.07) is 7.58. The summed E-state index contributed by atoms with van der Waals surface area (Å²) < 4.78 is 12.2. The lowest BCUT2D eigenvalue weighted by atomic mass is 9.82. The van der Waals surface area contributed by atoms with Crippen LogP contribution in [0.3, 0.4) is 0 Å². The van der Waals surface area contributed by atoms with Crippen LogP contribution in [0, 0.1) is 5.92 Å². The molecule has 4 heterocycles. The molecule has 1 aromatic heterocycles. The molecule has 3 aliphatic heterocycles. The maximum Gasteiger partial charge on any atom is 0.419 e. The molecule has 9 heteroatoms. The summed E-state index contributed by atoms with van der Waals surface area (Å²) in [5.74, 6) is 1.33. The number of carbonyl (C=O) groups is 3. The van der Waals surface area contributed by atoms with Crippen LogP contribution in [0.15, 0.2) is 24.3 Å². The molecule has 0 bridgehead atoms. The standard InChI is InChI=1S/C26H32N2O5S2/c1-5-32-23(30)26(34-12-13-35-26)16-14-20-22-18(10-11-27(20)21(29)15-16)17-8-6-7-9-19(17)28(22)24(31)33-25(2,3)4/h6-9,16,20H,5,10-15H2,1-4H3/t16-,20+/m0/s1. The number of nitrogens with zero attached hydrogens (tertiary/aromatic N) is 2. The van der Waals surface area contributed by atoms with E-state index in [0.717, 1.165) is 33.7 Å². The zero-order valence-electron chi connectivity index (χ0n) is 20.7. The van der Waals surface area contributed by atoms with Gasteiger partial charge in [0, 0.05) is 35.8 Å². The third-order valence-electron chi connectivity index (χ3n) is 6.95. The molecule has 188 valence electrons. The molecular weight excluding hydrogens is 484 g/mol. The fourth-order valence-electron chi connectivity index (χ4n) is 5.67. The summed E-state index contributed by atoms with van der Waals surface area (Å²) in [5, 5.41) is 1.02. The maximum atomic E-state index is 13.5. The third-order valence-corrected chi connectivity index (χ3v) is 10.6. The fraction of sp³-hybridized carbons (Fsp3) is 0.577. The average Bonchev–Trinajstić information content (AvgIpc) is 3.42. The highest BCUT2D eigenvalue weighted by Gasteiger charge is 2.55. The second kappa shape index (κ2) is 9.07. The first-order chi connectivity index (χ1) is 16.7. The van der Waals surface area contributed by atoms with Crippen molar-refractivity contribution in [1.29, 1.82) is 0 Å². The Morgan fingerprint density at radius 3 is 2.57 bits per heavy atom. The number of hydrogen-bond donors (Lipinski definition) is 0. The Kier molecular flexibility index (Phi) is 6.36. The van der Waals surface area contributed by atoms with Crippen molar-refractivity contribution >= 4 is 52.4 Å². The van der Waals surface area contributed by atoms with Crippen LogP contribution in [-0.4, -0.2) is 61.8 Å². The van der Waals surface area contributed by atoms with Crippen LogP contribution in [0.1, 0.15) is 57.8 Å². The zero-order valence-corrected chi connectivity index (χ0v) is 22.3. The van der Waals surface area contributed by atoms with Gasteiger partial charge in [-0.3, -0.25) is 4.79 Å². The van der Waals surface area contributed by atoms with Gasteiger partial charge in [-0.05, 0) is 52.2 Å². The van der Waals surface area contributed by atoms with Gasteiger partial charge in [0.1, 0.15) is 5.60 Å². The van der Waals surface area contributed by atoms with Crippen molar-refractivity contribution in [2.24, 2.45) is 5.92 Å². The van der Waals surface area contributed by atoms with Gasteiger partial charge in [-0.1, -0.05) is 18.2 Å². The van der Waals surface area contributed by atoms with E-state index in [-0.39, 0.29) is 23.8 Å². The Morgan fingerprint density at radius 1 is 1.17 bits per heavy atom. The van der Waals surface area contributed by atoms with Crippen LogP contribution in [-0.2, 0) is 25.5 Å². The number of thioether (sulfide) groups is 2. The lowest BCUT2D eigenvalue weighted by Crippen LogP contribution is -2.51. The minimum atomic E-state index is -0.780. The number of piperidine rings is 1. The molecule has 0 saturated carbocycles. The number of rotatable bonds is 3. The number of amides is 1. The smallest absolute Gasteiger partial charge is 0.419 e. The van der Waals surface area contributed by atoms with E-state index in [9.17, 15) is 14.4 Å². The zero-order chi connectivity index (χ0) is 25.0. The van der Waals surface area contributed by atoms with Gasteiger partial charge in [0.25, 0.3) is 0 Å². The second-order valence-corrected chi connectivity index (χ2v) is 13.2. The number of benzene rings is 1. The third kappa shape index (κ3) is 4.14. The number of hydrogen-bond acceptors (Lipinski definition) is 7. The molecule has 2 atom stereocenters. The van der Waals surface area contributed by atoms with Crippen molar-refractivity contribution in [2.45, 2.75) is 62.7 Å². The van der Waals surface area contributed by atoms with Gasteiger partial charge in [-0.2, -0.15) is 0 Å². The molecule has 2 aromatic rings. The van der Waals surface area contributed by atoms with E-state index >= 15 is 0 Å². The summed E-state index contributed by atoms with van der Waals surface area (Å²) in [5.41, 5.74) is 2.07. The maximum absolute atomic E-state index is 13.5. The van der Waals surface area contributed by atoms with E-state index < -0.39 is 15.8 Å². The van der Waals surface area contributed by atoms with E-state index in [1.807, 2.05) is 56.9 Å². The van der Waals surface area contributed by atoms with Crippen molar-refractivity contribution in [2.75, 3.05) is 24.7 Å². The highest BCUT2D eigenvalue weighted by Crippen LogP contribution is 2.56. The van der Waals surface area contributed by atoms with Crippen LogP contribution in [0.2, 0.25) is 0 Å². The van der Waals surface area contributed by atoms with E-state index in [2.05, 4.69) is 0 Å². The SMILES string of the molecule is CCOC(=O)C1([C@@H]2CC(=O)N3CCc4c(n(C(=O)OC(C)(C)C)c5ccccc45)[C@H]3C2)SCCS1. The van der Waals surface area contributed by atoms with Crippen LogP contribution < -0.4 is 0 Å². The lowest BCUT2D eigenvalue weighted by molar-refractivity contribution is -0.147. The second-order valence-electron chi connectivity index (χ2n) is 10.3. The van der Waals surface area contributed by atoms with Gasteiger partial charge in [-0.25, -0.2) is 14.2 Å². The number of para-hydroxylation sites is 1. The van der Waals surface area contributed by atoms with Crippen molar-refractivity contribution < 1.29 is 23.9 Å². The van der Waals surface area contributed by atoms with E-state index in [1.165, 1.54) is 0 Å². The van der Waals surface area contributed by atoms with Crippen molar-refractivity contribution in [3.63, 3.8) is 0 Å². The van der Waals surface area contributed by atoms with E-state index in [4.69, 9.17) is 9.47 Å². The number of aromatic nitrogens is 1. The predicted octanol–water partition coefficient (Wildman–Crippen LogP) is 5.00. The molecule has 7 nitrogen and oxygen atoms in total. The average molecular weight is 517 g/mol. The molecule has 2 fully saturated rings. The summed E-state index contributed by atoms with van der Waals surface area (Å²) >= 11 is 3.22. The van der Waals surface area contributed by atoms with Crippen molar-refractivity contribution in [3.8, 4) is 0 Å². The normalized spacial score (nSPS) is 23.7. The summed E-state index contributed by atoms with van der Waals surface area (Å²) in [4.78, 5) is 42.1. The first-order valence-electron chi connectivity index (χ1n) is 12.3. The van der Waals surface area contributed by atoms with E-state index in [0.29, 0.717) is 32.4 Å². The van der Waals surface area contributed by atoms with Crippen molar-refractivity contribution in [1.82, 2.24) is 9.47 Å². The van der Waals surface area contributed by atoms with Crippen LogP contribution in [0.25, 0.3) is 10.9 Å². The Morgan fingerprint density at radius 2 is 1.89 bits per heavy atom.